The van der Waals surface area contributed by atoms with Crippen LogP contribution in [0.5, 0.6) is 0 Å². The molecule has 3 heterocycles. The van der Waals surface area contributed by atoms with Gasteiger partial charge in [0, 0.05) is 7.05 Å². The Bertz CT molecular complexity index is 1240. The predicted molar refractivity (Wildman–Crippen MR) is 107 cm³/mol. The molecule has 0 spiro atoms. The van der Waals surface area contributed by atoms with Gasteiger partial charge in [-0.1, -0.05) is 0 Å². The van der Waals surface area contributed by atoms with Crippen molar-refractivity contribution in [3.05, 3.63) is 35.3 Å². The number of imidazole rings is 1. The van der Waals surface area contributed by atoms with Crippen molar-refractivity contribution in [2.45, 2.75) is 31.6 Å². The summed E-state index contributed by atoms with van der Waals surface area (Å²) in [6.45, 7) is 1.46. The van der Waals surface area contributed by atoms with Crippen molar-refractivity contribution in [2.24, 2.45) is 11.3 Å². The lowest BCUT2D eigenvalue weighted by molar-refractivity contribution is -0.128. The van der Waals surface area contributed by atoms with E-state index in [1.165, 1.54) is 6.92 Å². The van der Waals surface area contributed by atoms with Crippen molar-refractivity contribution in [3.63, 3.8) is 0 Å². The molecule has 0 aromatic carbocycles. The van der Waals surface area contributed by atoms with Crippen molar-refractivity contribution >= 4 is 34.4 Å². The number of hydrogen-bond donors (Lipinski definition) is 3. The van der Waals surface area contributed by atoms with Gasteiger partial charge in [0.2, 0.25) is 5.82 Å². The molecule has 5 rings (SSSR count). The maximum atomic E-state index is 12.2. The summed E-state index contributed by atoms with van der Waals surface area (Å²) in [4.78, 5) is 25.4. The van der Waals surface area contributed by atoms with Gasteiger partial charge in [-0.05, 0) is 54.8 Å². The van der Waals surface area contributed by atoms with Crippen molar-refractivity contribution in [2.75, 3.05) is 12.4 Å². The highest BCUT2D eigenvalue weighted by molar-refractivity contribution is 6.28. The lowest BCUT2D eigenvalue weighted by Gasteiger charge is -2.23. The SMILES string of the molecule is CNc1nc(C#Cc2ccc(Cl)o2)nc2c1ncn2[C@@H]1C2C[C@@]2(C(C)=O)C(O)[C@H]1O. The van der Waals surface area contributed by atoms with Crippen LogP contribution in [0.2, 0.25) is 5.22 Å². The highest BCUT2D eigenvalue weighted by Crippen LogP contribution is 2.68. The highest BCUT2D eigenvalue weighted by Gasteiger charge is 2.74. The number of ketones is 1. The first-order valence-electron chi connectivity index (χ1n) is 9.43. The summed E-state index contributed by atoms with van der Waals surface area (Å²) in [7, 11) is 1.71. The quantitative estimate of drug-likeness (QED) is 0.535. The van der Waals surface area contributed by atoms with Gasteiger partial charge in [0.05, 0.1) is 23.9 Å². The molecular formula is C20H18ClN5O4. The number of furan rings is 1. The molecule has 0 radical (unpaired) electrons. The average molecular weight is 428 g/mol. The van der Waals surface area contributed by atoms with Crippen LogP contribution in [0.1, 0.15) is 31.0 Å². The zero-order chi connectivity index (χ0) is 21.2. The smallest absolute Gasteiger partial charge is 0.209 e. The zero-order valence-corrected chi connectivity index (χ0v) is 16.9. The highest BCUT2D eigenvalue weighted by atomic mass is 35.5. The van der Waals surface area contributed by atoms with Crippen molar-refractivity contribution < 1.29 is 19.4 Å². The number of halogens is 1. The van der Waals surface area contributed by atoms with Gasteiger partial charge in [0.15, 0.2) is 28.0 Å². The second kappa shape index (κ2) is 6.54. The summed E-state index contributed by atoms with van der Waals surface area (Å²) >= 11 is 5.77. The fraction of sp³-hybridized carbons (Fsp3) is 0.400. The first kappa shape index (κ1) is 19.1. The van der Waals surface area contributed by atoms with Crippen LogP contribution in [-0.4, -0.2) is 54.8 Å². The zero-order valence-electron chi connectivity index (χ0n) is 16.1. The molecule has 2 unspecified atom stereocenters. The molecule has 9 nitrogen and oxygen atoms in total. The van der Waals surface area contributed by atoms with Gasteiger partial charge < -0.3 is 24.5 Å². The minimum Gasteiger partial charge on any atom is -0.436 e. The number of aliphatic hydroxyl groups excluding tert-OH is 2. The molecule has 10 heteroatoms. The van der Waals surface area contributed by atoms with Crippen molar-refractivity contribution in [3.8, 4) is 11.8 Å². The number of anilines is 1. The molecule has 3 N–H and O–H groups in total. The number of nitrogens with one attached hydrogen (secondary N) is 1. The third kappa shape index (κ3) is 2.58. The van der Waals surface area contributed by atoms with Gasteiger partial charge in [-0.3, -0.25) is 4.79 Å². The van der Waals surface area contributed by atoms with E-state index in [0.717, 1.165) is 0 Å². The van der Waals surface area contributed by atoms with Gasteiger partial charge in [0.25, 0.3) is 0 Å². The third-order valence-corrected chi connectivity index (χ3v) is 6.38. The molecule has 3 aromatic rings. The van der Waals surface area contributed by atoms with Crippen LogP contribution in [0.25, 0.3) is 11.2 Å². The Morgan fingerprint density at radius 2 is 2.17 bits per heavy atom. The molecule has 0 amide bonds. The second-order valence-corrected chi connectivity index (χ2v) is 8.03. The van der Waals surface area contributed by atoms with Crippen LogP contribution in [0.15, 0.2) is 22.9 Å². The van der Waals surface area contributed by atoms with Gasteiger partial charge in [0.1, 0.15) is 11.9 Å². The van der Waals surface area contributed by atoms with Crippen molar-refractivity contribution in [1.82, 2.24) is 19.5 Å². The molecule has 0 aliphatic heterocycles. The number of fused-ring (bicyclic) bond motifs is 2. The number of aromatic nitrogens is 4. The molecule has 154 valence electrons. The number of aliphatic hydroxyl groups is 2. The van der Waals surface area contributed by atoms with Gasteiger partial charge in [-0.15, -0.1) is 0 Å². The summed E-state index contributed by atoms with van der Waals surface area (Å²) in [5, 5.41) is 24.4. The molecule has 2 saturated carbocycles. The number of Topliss-reactive ketones (excluding diaryl/α,β-unsaturated/α-hetero) is 1. The Kier molecular flexibility index (Phi) is 4.15. The van der Waals surface area contributed by atoms with Crippen molar-refractivity contribution in [1.29, 1.82) is 0 Å². The number of carbonyl (C=O) groups excluding carboxylic acids is 1. The van der Waals surface area contributed by atoms with Crippen LogP contribution >= 0.6 is 11.6 Å². The molecule has 3 aromatic heterocycles. The van der Waals surface area contributed by atoms with Crippen LogP contribution in [-0.2, 0) is 4.79 Å². The predicted octanol–water partition coefficient (Wildman–Crippen LogP) is 1.39. The number of hydrogen-bond acceptors (Lipinski definition) is 8. The van der Waals surface area contributed by atoms with E-state index < -0.39 is 23.7 Å². The molecule has 0 saturated heterocycles. The Labute approximate surface area is 176 Å². The summed E-state index contributed by atoms with van der Waals surface area (Å²) in [6.07, 6.45) is -0.131. The van der Waals surface area contributed by atoms with Crippen LogP contribution in [0.4, 0.5) is 5.82 Å². The first-order chi connectivity index (χ1) is 14.4. The summed E-state index contributed by atoms with van der Waals surface area (Å²) in [5.74, 6) is 6.45. The van der Waals surface area contributed by atoms with Gasteiger partial charge >= 0.3 is 0 Å². The van der Waals surface area contributed by atoms with E-state index in [2.05, 4.69) is 32.1 Å². The molecular weight excluding hydrogens is 410 g/mol. The van der Waals surface area contributed by atoms with E-state index >= 15 is 0 Å². The minimum absolute atomic E-state index is 0.111. The Morgan fingerprint density at radius 1 is 1.37 bits per heavy atom. The largest absolute Gasteiger partial charge is 0.436 e. The topological polar surface area (TPSA) is 126 Å². The van der Waals surface area contributed by atoms with E-state index in [1.807, 2.05) is 0 Å². The van der Waals surface area contributed by atoms with E-state index in [1.54, 1.807) is 30.1 Å². The fourth-order valence-electron chi connectivity index (χ4n) is 4.64. The normalized spacial score (nSPS) is 29.4. The lowest BCUT2D eigenvalue weighted by atomic mass is 9.95. The minimum atomic E-state index is -1.11. The number of nitrogens with zero attached hydrogens (tertiary/aromatic N) is 4. The van der Waals surface area contributed by atoms with Crippen LogP contribution in [0, 0.1) is 23.2 Å². The van der Waals surface area contributed by atoms with E-state index in [-0.39, 0.29) is 22.7 Å². The van der Waals surface area contributed by atoms with E-state index in [0.29, 0.717) is 29.2 Å². The second-order valence-electron chi connectivity index (χ2n) is 7.66. The fourth-order valence-corrected chi connectivity index (χ4v) is 4.78. The molecule has 2 fully saturated rings. The standard InChI is InChI=1S/C20H18ClN5O4/c1-9(27)20-7-11(20)15(16(28)17(20)29)26-8-23-14-18(22-2)24-13(25-19(14)26)6-4-10-3-5-12(21)30-10/h3,5,8,11,15-17,28-29H,7H2,1-2H3,(H,22,24,25)/t11?,15-,16+,17?,20+/m1/s1. The third-order valence-electron chi connectivity index (χ3n) is 6.18. The summed E-state index contributed by atoms with van der Waals surface area (Å²) in [5.41, 5.74) is 0.0752. The maximum absolute atomic E-state index is 12.2. The maximum Gasteiger partial charge on any atom is 0.209 e. The molecule has 0 bridgehead atoms. The number of rotatable bonds is 3. The molecule has 5 atom stereocenters. The van der Waals surface area contributed by atoms with E-state index in [4.69, 9.17) is 16.0 Å². The lowest BCUT2D eigenvalue weighted by Crippen LogP contribution is -2.36. The first-order valence-corrected chi connectivity index (χ1v) is 9.81. The van der Waals surface area contributed by atoms with Gasteiger partial charge in [-0.25, -0.2) is 15.0 Å². The Hall–Kier alpha value is -2.93. The van der Waals surface area contributed by atoms with Crippen LogP contribution in [0.3, 0.4) is 0 Å². The summed E-state index contributed by atoms with van der Waals surface area (Å²) < 4.78 is 6.94. The Morgan fingerprint density at radius 3 is 2.80 bits per heavy atom. The molecule has 2 aliphatic rings. The van der Waals surface area contributed by atoms with Crippen LogP contribution < -0.4 is 5.32 Å². The van der Waals surface area contributed by atoms with Gasteiger partial charge in [-0.2, -0.15) is 0 Å². The van der Waals surface area contributed by atoms with E-state index in [9.17, 15) is 15.0 Å². The monoisotopic (exact) mass is 427 g/mol. The number of carbonyl (C=O) groups is 1. The Balaban J connectivity index is 1.59. The molecule has 30 heavy (non-hydrogen) atoms. The average Bonchev–Trinajstić information content (AvgIpc) is 2.98. The molecule has 2 aliphatic carbocycles. The summed E-state index contributed by atoms with van der Waals surface area (Å²) in [6, 6.07) is 2.72.